The van der Waals surface area contributed by atoms with Gasteiger partial charge in [0.1, 0.15) is 6.04 Å². The number of aliphatic hydroxyl groups is 1. The van der Waals surface area contributed by atoms with Gasteiger partial charge < -0.3 is 14.7 Å². The van der Waals surface area contributed by atoms with E-state index in [4.69, 9.17) is 9.84 Å². The normalized spacial score (nSPS) is 12.0. The predicted octanol–water partition coefficient (Wildman–Crippen LogP) is -0.221. The van der Waals surface area contributed by atoms with E-state index >= 15 is 0 Å². The van der Waals surface area contributed by atoms with Gasteiger partial charge in [-0.3, -0.25) is 4.79 Å². The third kappa shape index (κ3) is 3.74. The maximum Gasteiger partial charge on any atom is 0.328 e. The molecule has 1 N–H and O–H groups in total. The summed E-state index contributed by atoms with van der Waals surface area (Å²) < 4.78 is 4.76. The number of amides is 1. The van der Waals surface area contributed by atoms with Crippen molar-refractivity contribution in [3.05, 3.63) is 0 Å². The number of hydrogen-bond donors (Lipinski definition) is 1. The highest BCUT2D eigenvalue weighted by molar-refractivity contribution is 5.84. The zero-order valence-corrected chi connectivity index (χ0v) is 8.82. The van der Waals surface area contributed by atoms with Crippen LogP contribution in [0.25, 0.3) is 0 Å². The number of carbonyl (C=O) groups excluding carboxylic acids is 2. The Morgan fingerprint density at radius 1 is 1.50 bits per heavy atom. The summed E-state index contributed by atoms with van der Waals surface area (Å²) in [5.41, 5.74) is 0. The van der Waals surface area contributed by atoms with Crippen LogP contribution in [-0.4, -0.2) is 48.2 Å². The molecule has 82 valence electrons. The van der Waals surface area contributed by atoms with E-state index in [-0.39, 0.29) is 18.9 Å². The van der Waals surface area contributed by atoms with Gasteiger partial charge in [-0.25, -0.2) is 4.79 Å². The molecule has 0 aromatic rings. The van der Waals surface area contributed by atoms with E-state index in [1.165, 1.54) is 11.9 Å². The Morgan fingerprint density at radius 2 is 2.07 bits per heavy atom. The molecule has 1 unspecified atom stereocenters. The molecule has 1 amide bonds. The summed E-state index contributed by atoms with van der Waals surface area (Å²) >= 11 is 0. The van der Waals surface area contributed by atoms with Crippen molar-refractivity contribution < 1.29 is 19.4 Å². The van der Waals surface area contributed by atoms with Crippen molar-refractivity contribution in [3.8, 4) is 0 Å². The highest BCUT2D eigenvalue weighted by atomic mass is 16.5. The van der Waals surface area contributed by atoms with Crippen molar-refractivity contribution in [3.63, 3.8) is 0 Å². The van der Waals surface area contributed by atoms with E-state index in [9.17, 15) is 9.59 Å². The Balaban J connectivity index is 4.16. The number of esters is 1. The minimum absolute atomic E-state index is 0.0280. The molecule has 0 aromatic heterocycles. The van der Waals surface area contributed by atoms with Crippen LogP contribution < -0.4 is 0 Å². The summed E-state index contributed by atoms with van der Waals surface area (Å²) in [6.45, 7) is 3.39. The van der Waals surface area contributed by atoms with Crippen LogP contribution in [0.2, 0.25) is 0 Å². The topological polar surface area (TPSA) is 66.8 Å². The van der Waals surface area contributed by atoms with Crippen molar-refractivity contribution in [2.24, 2.45) is 0 Å². The van der Waals surface area contributed by atoms with E-state index in [0.717, 1.165) is 0 Å². The molecule has 0 aromatic carbocycles. The van der Waals surface area contributed by atoms with Gasteiger partial charge in [-0.2, -0.15) is 0 Å². The average Bonchev–Trinajstić information content (AvgIpc) is 2.16. The zero-order valence-electron chi connectivity index (χ0n) is 8.82. The second-order valence-corrected chi connectivity index (χ2v) is 2.91. The summed E-state index contributed by atoms with van der Waals surface area (Å²) in [5.74, 6) is -0.700. The second-order valence-electron chi connectivity index (χ2n) is 2.91. The van der Waals surface area contributed by atoms with E-state index in [1.807, 2.05) is 0 Å². The lowest BCUT2D eigenvalue weighted by molar-refractivity contribution is -0.153. The Hall–Kier alpha value is -1.10. The van der Waals surface area contributed by atoms with Crippen LogP contribution >= 0.6 is 0 Å². The standard InChI is InChI=1S/C9H17NO4/c1-4-14-9(13)7(2)10(3)8(12)5-6-11/h7,11H,4-6H2,1-3H3. The number of hydrogen-bond acceptors (Lipinski definition) is 4. The van der Waals surface area contributed by atoms with Crippen LogP contribution in [-0.2, 0) is 14.3 Å². The molecule has 0 aliphatic rings. The lowest BCUT2D eigenvalue weighted by Crippen LogP contribution is -2.41. The zero-order chi connectivity index (χ0) is 11.1. The summed E-state index contributed by atoms with van der Waals surface area (Å²) in [5, 5.41) is 8.55. The van der Waals surface area contributed by atoms with Crippen LogP contribution in [0, 0.1) is 0 Å². The fourth-order valence-corrected chi connectivity index (χ4v) is 0.909. The lowest BCUT2D eigenvalue weighted by atomic mass is 10.2. The molecule has 0 radical (unpaired) electrons. The van der Waals surface area contributed by atoms with Crippen molar-refractivity contribution in [1.82, 2.24) is 4.90 Å². The van der Waals surface area contributed by atoms with Crippen molar-refractivity contribution in [1.29, 1.82) is 0 Å². The Kier molecular flexibility index (Phi) is 5.87. The van der Waals surface area contributed by atoms with Gasteiger partial charge in [0.2, 0.25) is 5.91 Å². The van der Waals surface area contributed by atoms with E-state index in [2.05, 4.69) is 0 Å². The molecule has 0 bridgehead atoms. The van der Waals surface area contributed by atoms with E-state index in [1.54, 1.807) is 13.8 Å². The Morgan fingerprint density at radius 3 is 2.50 bits per heavy atom. The van der Waals surface area contributed by atoms with Gasteiger partial charge in [0.15, 0.2) is 0 Å². The van der Waals surface area contributed by atoms with E-state index in [0.29, 0.717) is 6.61 Å². The molecule has 0 rings (SSSR count). The monoisotopic (exact) mass is 203 g/mol. The van der Waals surface area contributed by atoms with Crippen LogP contribution in [0.1, 0.15) is 20.3 Å². The van der Waals surface area contributed by atoms with Gasteiger partial charge in [0.25, 0.3) is 0 Å². The van der Waals surface area contributed by atoms with Gasteiger partial charge in [-0.1, -0.05) is 0 Å². The van der Waals surface area contributed by atoms with Crippen LogP contribution in [0.3, 0.4) is 0 Å². The largest absolute Gasteiger partial charge is 0.464 e. The quantitative estimate of drug-likeness (QED) is 0.627. The molecular formula is C9H17NO4. The minimum Gasteiger partial charge on any atom is -0.464 e. The molecule has 0 heterocycles. The second kappa shape index (κ2) is 6.37. The number of nitrogens with zero attached hydrogens (tertiary/aromatic N) is 1. The highest BCUT2D eigenvalue weighted by Gasteiger charge is 2.22. The third-order valence-electron chi connectivity index (χ3n) is 1.93. The lowest BCUT2D eigenvalue weighted by Gasteiger charge is -2.22. The van der Waals surface area contributed by atoms with Crippen LogP contribution in [0.4, 0.5) is 0 Å². The molecule has 5 nitrogen and oxygen atoms in total. The maximum absolute atomic E-state index is 11.3. The maximum atomic E-state index is 11.3. The highest BCUT2D eigenvalue weighted by Crippen LogP contribution is 2.01. The Bertz CT molecular complexity index is 183. The van der Waals surface area contributed by atoms with E-state index < -0.39 is 12.0 Å². The van der Waals surface area contributed by atoms with Gasteiger partial charge >= 0.3 is 5.97 Å². The number of rotatable bonds is 5. The summed E-state index contributed by atoms with van der Waals surface area (Å²) in [7, 11) is 1.51. The first-order chi connectivity index (χ1) is 6.54. The molecule has 0 aliphatic carbocycles. The number of carbonyl (C=O) groups is 2. The first-order valence-corrected chi connectivity index (χ1v) is 4.57. The predicted molar refractivity (Wildman–Crippen MR) is 50.6 cm³/mol. The molecule has 0 fully saturated rings. The number of aliphatic hydroxyl groups excluding tert-OH is 1. The molecule has 5 heteroatoms. The average molecular weight is 203 g/mol. The molecular weight excluding hydrogens is 186 g/mol. The number of ether oxygens (including phenoxy) is 1. The SMILES string of the molecule is CCOC(=O)C(C)N(C)C(=O)CCO. The smallest absolute Gasteiger partial charge is 0.328 e. The minimum atomic E-state index is -0.603. The van der Waals surface area contributed by atoms with Crippen molar-refractivity contribution in [2.45, 2.75) is 26.3 Å². The molecule has 0 saturated heterocycles. The third-order valence-corrected chi connectivity index (χ3v) is 1.93. The summed E-state index contributed by atoms with van der Waals surface area (Å²) in [6.07, 6.45) is 0.0280. The molecule has 0 saturated carbocycles. The van der Waals surface area contributed by atoms with Gasteiger partial charge in [0.05, 0.1) is 13.2 Å². The Labute approximate surface area is 83.6 Å². The van der Waals surface area contributed by atoms with Crippen molar-refractivity contribution >= 4 is 11.9 Å². The van der Waals surface area contributed by atoms with Crippen LogP contribution in [0.15, 0.2) is 0 Å². The van der Waals surface area contributed by atoms with Gasteiger partial charge in [-0.05, 0) is 13.8 Å². The molecule has 14 heavy (non-hydrogen) atoms. The molecule has 1 atom stereocenters. The summed E-state index contributed by atoms with van der Waals surface area (Å²) in [4.78, 5) is 23.7. The van der Waals surface area contributed by atoms with Gasteiger partial charge in [0, 0.05) is 13.5 Å². The first kappa shape index (κ1) is 12.9. The van der Waals surface area contributed by atoms with Crippen molar-refractivity contribution in [2.75, 3.05) is 20.3 Å². The number of likely N-dealkylation sites (N-methyl/N-ethyl adjacent to an activating group) is 1. The fraction of sp³-hybridized carbons (Fsp3) is 0.778. The van der Waals surface area contributed by atoms with Gasteiger partial charge in [-0.15, -0.1) is 0 Å². The fourth-order valence-electron chi connectivity index (χ4n) is 0.909. The summed E-state index contributed by atoms with van der Waals surface area (Å²) in [6, 6.07) is -0.603. The molecule has 0 aliphatic heterocycles. The van der Waals surface area contributed by atoms with Crippen LogP contribution in [0.5, 0.6) is 0 Å². The first-order valence-electron chi connectivity index (χ1n) is 4.57. The molecule has 0 spiro atoms.